The number of hydrogen-bond acceptors (Lipinski definition) is 5. The Balaban J connectivity index is 1.72. The molecule has 1 saturated heterocycles. The molecule has 2 atom stereocenters. The van der Waals surface area contributed by atoms with Crippen LogP contribution in [0.3, 0.4) is 0 Å². The maximum atomic E-state index is 13.9. The van der Waals surface area contributed by atoms with Gasteiger partial charge in [-0.1, -0.05) is 12.1 Å². The fourth-order valence-corrected chi connectivity index (χ4v) is 3.71. The number of carbonyl (C=O) groups is 3. The van der Waals surface area contributed by atoms with Gasteiger partial charge in [-0.15, -0.1) is 0 Å². The van der Waals surface area contributed by atoms with Gasteiger partial charge in [0.25, 0.3) is 5.91 Å². The molecule has 1 fully saturated rings. The topological polar surface area (TPSA) is 105 Å². The van der Waals surface area contributed by atoms with Crippen molar-refractivity contribution in [3.63, 3.8) is 0 Å². The van der Waals surface area contributed by atoms with Crippen LogP contribution in [0.5, 0.6) is 5.75 Å². The molecule has 0 aromatic heterocycles. The Kier molecular flexibility index (Phi) is 5.88. The number of halogens is 1. The van der Waals surface area contributed by atoms with Gasteiger partial charge in [0.2, 0.25) is 5.91 Å². The highest BCUT2D eigenvalue weighted by Crippen LogP contribution is 2.30. The van der Waals surface area contributed by atoms with Crippen LogP contribution < -0.4 is 15.4 Å². The molecule has 2 N–H and O–H groups in total. The fraction of sp³-hybridized carbons (Fsp3) is 0.250. The Hall–Kier alpha value is -3.27. The molecule has 0 spiro atoms. The number of urea groups is 1. The van der Waals surface area contributed by atoms with Crippen LogP contribution in [-0.2, 0) is 25.9 Å². The lowest BCUT2D eigenvalue weighted by atomic mass is 9.92. The van der Waals surface area contributed by atoms with E-state index in [1.807, 2.05) is 0 Å². The number of imide groups is 1. The molecule has 1 aliphatic rings. The SMILES string of the molecule is COc1ccc([C@]2(C)NC(=O)N(CC(=O)Nc3ccc([S@@](C)=O)c(F)c3)C2=O)cc1. The van der Waals surface area contributed by atoms with E-state index in [9.17, 15) is 23.0 Å². The second kappa shape index (κ2) is 8.23. The number of benzene rings is 2. The van der Waals surface area contributed by atoms with Crippen LogP contribution >= 0.6 is 0 Å². The van der Waals surface area contributed by atoms with Gasteiger partial charge in [-0.2, -0.15) is 0 Å². The maximum Gasteiger partial charge on any atom is 0.325 e. The molecule has 0 saturated carbocycles. The number of amides is 4. The monoisotopic (exact) mass is 433 g/mol. The van der Waals surface area contributed by atoms with Crippen molar-refractivity contribution >= 4 is 34.3 Å². The molecule has 0 bridgehead atoms. The van der Waals surface area contributed by atoms with Crippen molar-refractivity contribution in [3.05, 3.63) is 53.8 Å². The smallest absolute Gasteiger partial charge is 0.325 e. The van der Waals surface area contributed by atoms with Crippen molar-refractivity contribution < 1.29 is 27.7 Å². The van der Waals surface area contributed by atoms with Crippen LogP contribution in [-0.4, -0.2) is 46.9 Å². The van der Waals surface area contributed by atoms with Crippen molar-refractivity contribution in [2.45, 2.75) is 17.4 Å². The Bertz CT molecular complexity index is 1040. The van der Waals surface area contributed by atoms with Crippen molar-refractivity contribution in [1.29, 1.82) is 0 Å². The van der Waals surface area contributed by atoms with Crippen LogP contribution in [0, 0.1) is 5.82 Å². The van der Waals surface area contributed by atoms with Gasteiger partial charge in [-0.3, -0.25) is 18.7 Å². The highest BCUT2D eigenvalue weighted by Gasteiger charge is 2.49. The first-order valence-corrected chi connectivity index (χ1v) is 10.4. The van der Waals surface area contributed by atoms with Gasteiger partial charge < -0.3 is 15.4 Å². The molecule has 3 rings (SSSR count). The van der Waals surface area contributed by atoms with Gasteiger partial charge >= 0.3 is 6.03 Å². The molecule has 10 heteroatoms. The number of ether oxygens (including phenoxy) is 1. The number of carbonyl (C=O) groups excluding carboxylic acids is 3. The minimum Gasteiger partial charge on any atom is -0.497 e. The minimum atomic E-state index is -1.51. The molecule has 2 aromatic rings. The minimum absolute atomic E-state index is 0.0114. The molecule has 30 heavy (non-hydrogen) atoms. The molecule has 0 radical (unpaired) electrons. The number of rotatable bonds is 6. The Morgan fingerprint density at radius 2 is 1.90 bits per heavy atom. The molecule has 4 amide bonds. The third kappa shape index (κ3) is 4.04. The summed E-state index contributed by atoms with van der Waals surface area (Å²) in [6.07, 6.45) is 1.34. The molecule has 2 aromatic carbocycles. The highest BCUT2D eigenvalue weighted by molar-refractivity contribution is 7.84. The first-order valence-electron chi connectivity index (χ1n) is 8.87. The van der Waals surface area contributed by atoms with E-state index in [1.165, 1.54) is 25.5 Å². The third-order valence-corrected chi connectivity index (χ3v) is 5.72. The van der Waals surface area contributed by atoms with Gasteiger partial charge in [0.15, 0.2) is 0 Å². The van der Waals surface area contributed by atoms with E-state index < -0.39 is 46.5 Å². The van der Waals surface area contributed by atoms with E-state index in [-0.39, 0.29) is 10.6 Å². The van der Waals surface area contributed by atoms with Gasteiger partial charge in [-0.25, -0.2) is 9.18 Å². The predicted molar refractivity (Wildman–Crippen MR) is 108 cm³/mol. The standard InChI is InChI=1S/C20H20FN3O5S/c1-20(12-4-7-14(29-2)8-5-12)18(26)24(19(27)23-20)11-17(25)22-13-6-9-16(30(3)28)15(21)10-13/h4-10H,11H2,1-3H3,(H,22,25)(H,23,27)/t20-,30+/m0/s1. The molecule has 0 unspecified atom stereocenters. The van der Waals surface area contributed by atoms with Crippen molar-refractivity contribution in [1.82, 2.24) is 10.2 Å². The molecular weight excluding hydrogens is 413 g/mol. The summed E-state index contributed by atoms with van der Waals surface area (Å²) in [5.74, 6) is -1.39. The predicted octanol–water partition coefficient (Wildman–Crippen LogP) is 1.98. The van der Waals surface area contributed by atoms with Gasteiger partial charge in [0.05, 0.1) is 22.8 Å². The average molecular weight is 433 g/mol. The molecular formula is C20H20FN3O5S. The lowest BCUT2D eigenvalue weighted by Crippen LogP contribution is -2.42. The van der Waals surface area contributed by atoms with E-state index >= 15 is 0 Å². The van der Waals surface area contributed by atoms with Crippen LogP contribution in [0.15, 0.2) is 47.4 Å². The molecule has 158 valence electrons. The van der Waals surface area contributed by atoms with Crippen molar-refractivity contribution in [2.75, 3.05) is 25.2 Å². The summed E-state index contributed by atoms with van der Waals surface area (Å²) in [6, 6.07) is 9.65. The van der Waals surface area contributed by atoms with Crippen molar-refractivity contribution in [2.24, 2.45) is 0 Å². The maximum absolute atomic E-state index is 13.9. The van der Waals surface area contributed by atoms with Crippen molar-refractivity contribution in [3.8, 4) is 5.75 Å². The Morgan fingerprint density at radius 1 is 1.23 bits per heavy atom. The zero-order chi connectivity index (χ0) is 22.1. The largest absolute Gasteiger partial charge is 0.497 e. The normalized spacial score (nSPS) is 19.4. The van der Waals surface area contributed by atoms with Gasteiger partial charge in [-0.05, 0) is 42.8 Å². The van der Waals surface area contributed by atoms with Crippen LogP contribution in [0.4, 0.5) is 14.9 Å². The van der Waals surface area contributed by atoms with E-state index in [2.05, 4.69) is 10.6 Å². The molecule has 1 aliphatic heterocycles. The molecule has 8 nitrogen and oxygen atoms in total. The number of methoxy groups -OCH3 is 1. The Morgan fingerprint density at radius 3 is 2.47 bits per heavy atom. The third-order valence-electron chi connectivity index (χ3n) is 4.77. The van der Waals surface area contributed by atoms with E-state index in [0.717, 1.165) is 11.0 Å². The lowest BCUT2D eigenvalue weighted by molar-refractivity contribution is -0.133. The second-order valence-corrected chi connectivity index (χ2v) is 8.17. The molecule has 1 heterocycles. The summed E-state index contributed by atoms with van der Waals surface area (Å²) in [7, 11) is 0.00918. The molecule has 0 aliphatic carbocycles. The number of hydrogen-bond donors (Lipinski definition) is 2. The Labute approximate surface area is 174 Å². The summed E-state index contributed by atoms with van der Waals surface area (Å²) < 4.78 is 30.4. The average Bonchev–Trinajstić information content (AvgIpc) is 2.91. The van der Waals surface area contributed by atoms with Crippen LogP contribution in [0.25, 0.3) is 0 Å². The summed E-state index contributed by atoms with van der Waals surface area (Å²) in [6.45, 7) is 1.01. The van der Waals surface area contributed by atoms with E-state index in [4.69, 9.17) is 4.74 Å². The highest BCUT2D eigenvalue weighted by atomic mass is 32.2. The van der Waals surface area contributed by atoms with E-state index in [0.29, 0.717) is 11.3 Å². The first kappa shape index (κ1) is 21.4. The number of anilines is 1. The van der Waals surface area contributed by atoms with E-state index in [1.54, 1.807) is 31.2 Å². The second-order valence-electron chi connectivity index (χ2n) is 6.82. The summed E-state index contributed by atoms with van der Waals surface area (Å²) >= 11 is 0. The number of nitrogens with one attached hydrogen (secondary N) is 2. The number of nitrogens with zero attached hydrogens (tertiary/aromatic N) is 1. The lowest BCUT2D eigenvalue weighted by Gasteiger charge is -2.22. The summed E-state index contributed by atoms with van der Waals surface area (Å²) in [4.78, 5) is 38.4. The van der Waals surface area contributed by atoms with Crippen LogP contribution in [0.2, 0.25) is 0 Å². The van der Waals surface area contributed by atoms with Gasteiger partial charge in [0.1, 0.15) is 23.7 Å². The zero-order valence-electron chi connectivity index (χ0n) is 16.5. The summed E-state index contributed by atoms with van der Waals surface area (Å²) in [5.41, 5.74) is -0.672. The quantitative estimate of drug-likeness (QED) is 0.678. The van der Waals surface area contributed by atoms with Gasteiger partial charge in [0, 0.05) is 11.9 Å². The van der Waals surface area contributed by atoms with Crippen LogP contribution in [0.1, 0.15) is 12.5 Å². The zero-order valence-corrected chi connectivity index (χ0v) is 17.3. The summed E-state index contributed by atoms with van der Waals surface area (Å²) in [5, 5.41) is 5.04. The first-order chi connectivity index (χ1) is 14.2. The fourth-order valence-electron chi connectivity index (χ4n) is 3.12.